The van der Waals surface area contributed by atoms with Crippen LogP contribution in [0.5, 0.6) is 5.75 Å². The highest BCUT2D eigenvalue weighted by molar-refractivity contribution is 9.10. The molecule has 1 aromatic carbocycles. The molecule has 0 bridgehead atoms. The summed E-state index contributed by atoms with van der Waals surface area (Å²) >= 11 is 3.51. The first-order chi connectivity index (χ1) is 11.1. The Morgan fingerprint density at radius 1 is 1.43 bits per heavy atom. The third-order valence-corrected chi connectivity index (χ3v) is 5.55. The molecule has 1 saturated heterocycles. The van der Waals surface area contributed by atoms with Crippen LogP contribution in [0.25, 0.3) is 10.9 Å². The van der Waals surface area contributed by atoms with Crippen molar-refractivity contribution in [3.05, 3.63) is 22.8 Å². The second kappa shape index (κ2) is 5.40. The van der Waals surface area contributed by atoms with Gasteiger partial charge in [-0.05, 0) is 47.7 Å². The van der Waals surface area contributed by atoms with E-state index >= 15 is 0 Å². The lowest BCUT2D eigenvalue weighted by atomic mass is 9.80. The van der Waals surface area contributed by atoms with Crippen LogP contribution < -0.4 is 10.1 Å². The summed E-state index contributed by atoms with van der Waals surface area (Å²) < 4.78 is 13.4. The monoisotopic (exact) mass is 379 g/mol. The third kappa shape index (κ3) is 2.56. The van der Waals surface area contributed by atoms with Crippen LogP contribution in [-0.4, -0.2) is 35.1 Å². The first-order valence-corrected chi connectivity index (χ1v) is 8.55. The summed E-state index contributed by atoms with van der Waals surface area (Å²) in [7, 11) is 1.65. The fourth-order valence-electron chi connectivity index (χ4n) is 3.57. The fraction of sp³-hybridized carbons (Fsp3) is 0.500. The van der Waals surface area contributed by atoms with Gasteiger partial charge in [0.15, 0.2) is 0 Å². The zero-order valence-corrected chi connectivity index (χ0v) is 14.4. The van der Waals surface area contributed by atoms with Gasteiger partial charge in [-0.25, -0.2) is 4.79 Å². The maximum Gasteiger partial charge on any atom is 0.407 e. The molecule has 1 saturated carbocycles. The normalized spacial score (nSPS) is 27.2. The number of halogens is 1. The predicted molar refractivity (Wildman–Crippen MR) is 88.7 cm³/mol. The van der Waals surface area contributed by atoms with Crippen molar-refractivity contribution in [3.63, 3.8) is 0 Å². The van der Waals surface area contributed by atoms with E-state index in [-0.39, 0.29) is 11.6 Å². The molecular weight excluding hydrogens is 362 g/mol. The fourth-order valence-corrected chi connectivity index (χ4v) is 4.09. The topological polar surface area (TPSA) is 65.4 Å². The van der Waals surface area contributed by atoms with E-state index in [0.29, 0.717) is 12.6 Å². The Morgan fingerprint density at radius 2 is 2.22 bits per heavy atom. The van der Waals surface area contributed by atoms with Gasteiger partial charge in [0.1, 0.15) is 12.4 Å². The summed E-state index contributed by atoms with van der Waals surface area (Å²) in [5.41, 5.74) is 0.773. The summed E-state index contributed by atoms with van der Waals surface area (Å²) in [6, 6.07) is 4.34. The average Bonchev–Trinajstić information content (AvgIpc) is 3.11. The van der Waals surface area contributed by atoms with Crippen molar-refractivity contribution in [1.29, 1.82) is 0 Å². The van der Waals surface area contributed by atoms with Crippen LogP contribution in [0.3, 0.4) is 0 Å². The number of nitrogens with zero attached hydrogens (tertiary/aromatic N) is 2. The molecule has 0 radical (unpaired) electrons. The van der Waals surface area contributed by atoms with E-state index in [4.69, 9.17) is 14.6 Å². The van der Waals surface area contributed by atoms with Crippen LogP contribution in [0.15, 0.2) is 22.8 Å². The molecule has 2 aromatic rings. The van der Waals surface area contributed by atoms with Crippen LogP contribution in [0.1, 0.15) is 31.7 Å². The molecule has 2 fully saturated rings. The van der Waals surface area contributed by atoms with Gasteiger partial charge in [-0.3, -0.25) is 4.68 Å². The van der Waals surface area contributed by atoms with Gasteiger partial charge >= 0.3 is 6.09 Å². The molecular formula is C16H18BrN3O3. The zero-order valence-electron chi connectivity index (χ0n) is 12.8. The van der Waals surface area contributed by atoms with Gasteiger partial charge in [-0.2, -0.15) is 5.10 Å². The molecule has 1 aliphatic heterocycles. The summed E-state index contributed by atoms with van der Waals surface area (Å²) in [5.74, 6) is 0.788. The van der Waals surface area contributed by atoms with Crippen molar-refractivity contribution in [2.75, 3.05) is 13.7 Å². The number of cyclic esters (lactones) is 1. The number of ether oxygens (including phenoxy) is 2. The number of carbonyl (C=O) groups is 1. The van der Waals surface area contributed by atoms with Crippen LogP contribution in [0.2, 0.25) is 0 Å². The first-order valence-electron chi connectivity index (χ1n) is 7.76. The van der Waals surface area contributed by atoms with E-state index in [0.717, 1.165) is 46.8 Å². The summed E-state index contributed by atoms with van der Waals surface area (Å²) in [6.07, 6.45) is 5.61. The largest absolute Gasteiger partial charge is 0.495 e. The van der Waals surface area contributed by atoms with Gasteiger partial charge in [0, 0.05) is 17.6 Å². The Bertz CT molecular complexity index is 765. The highest BCUT2D eigenvalue weighted by Gasteiger charge is 2.42. The highest BCUT2D eigenvalue weighted by Crippen LogP contribution is 2.38. The minimum atomic E-state index is -0.287. The zero-order chi connectivity index (χ0) is 16.0. The predicted octanol–water partition coefficient (Wildman–Crippen LogP) is 3.40. The van der Waals surface area contributed by atoms with E-state index in [1.54, 1.807) is 7.11 Å². The van der Waals surface area contributed by atoms with Gasteiger partial charge in [-0.1, -0.05) is 0 Å². The van der Waals surface area contributed by atoms with Crippen LogP contribution in [0.4, 0.5) is 4.79 Å². The van der Waals surface area contributed by atoms with Crippen LogP contribution >= 0.6 is 15.9 Å². The lowest BCUT2D eigenvalue weighted by molar-refractivity contribution is 0.155. The van der Waals surface area contributed by atoms with Crippen molar-refractivity contribution in [3.8, 4) is 5.75 Å². The molecule has 1 spiro atoms. The Hall–Kier alpha value is -1.76. The maximum atomic E-state index is 11.3. The second-order valence-electron chi connectivity index (χ2n) is 6.37. The number of nitrogens with one attached hydrogen (secondary N) is 1. The lowest BCUT2D eigenvalue weighted by Gasteiger charge is -2.35. The Balaban J connectivity index is 1.55. The van der Waals surface area contributed by atoms with Crippen molar-refractivity contribution < 1.29 is 14.3 Å². The number of carbonyl (C=O) groups excluding carboxylic acids is 1. The molecule has 0 atom stereocenters. The number of methoxy groups -OCH3 is 1. The minimum Gasteiger partial charge on any atom is -0.495 e. The second-order valence-corrected chi connectivity index (χ2v) is 7.22. The molecule has 23 heavy (non-hydrogen) atoms. The number of benzene rings is 1. The molecule has 4 rings (SSSR count). The van der Waals surface area contributed by atoms with Crippen LogP contribution in [-0.2, 0) is 4.74 Å². The van der Waals surface area contributed by atoms with Gasteiger partial charge in [0.05, 0.1) is 28.7 Å². The Morgan fingerprint density at radius 3 is 2.87 bits per heavy atom. The molecule has 1 N–H and O–H groups in total. The first kappa shape index (κ1) is 14.8. The number of aromatic nitrogens is 2. The Labute approximate surface area is 142 Å². The van der Waals surface area contributed by atoms with E-state index in [9.17, 15) is 4.79 Å². The van der Waals surface area contributed by atoms with Crippen molar-refractivity contribution in [2.45, 2.75) is 37.3 Å². The molecule has 6 nitrogen and oxygen atoms in total. The van der Waals surface area contributed by atoms with Gasteiger partial charge in [0.25, 0.3) is 0 Å². The number of amides is 1. The van der Waals surface area contributed by atoms with Gasteiger partial charge in [-0.15, -0.1) is 0 Å². The number of fused-ring (bicyclic) bond motifs is 1. The summed E-state index contributed by atoms with van der Waals surface area (Å²) in [5, 5.41) is 8.78. The number of hydrogen-bond donors (Lipinski definition) is 1. The molecule has 1 aromatic heterocycles. The van der Waals surface area contributed by atoms with Crippen molar-refractivity contribution in [2.24, 2.45) is 0 Å². The molecule has 122 valence electrons. The quantitative estimate of drug-likeness (QED) is 0.868. The summed E-state index contributed by atoms with van der Waals surface area (Å²) in [6.45, 7) is 0.490. The van der Waals surface area contributed by atoms with Crippen molar-refractivity contribution in [1.82, 2.24) is 15.1 Å². The smallest absolute Gasteiger partial charge is 0.407 e. The standard InChI is InChI=1S/C16H18BrN3O3/c1-22-14-7-13-10(6-12(14)17)8-20(19-13)11-2-4-16(5-3-11)9-23-15(21)18-16/h6-8,11H,2-5,9H2,1H3,(H,18,21)/t11-,16-. The van der Waals surface area contributed by atoms with E-state index < -0.39 is 0 Å². The maximum absolute atomic E-state index is 11.3. The molecule has 1 amide bonds. The van der Waals surface area contributed by atoms with E-state index in [1.165, 1.54) is 0 Å². The average molecular weight is 380 g/mol. The number of alkyl carbamates (subject to hydrolysis) is 1. The van der Waals surface area contributed by atoms with Crippen LogP contribution in [0, 0.1) is 0 Å². The highest BCUT2D eigenvalue weighted by atomic mass is 79.9. The van der Waals surface area contributed by atoms with E-state index in [1.807, 2.05) is 12.1 Å². The molecule has 7 heteroatoms. The minimum absolute atomic E-state index is 0.160. The lowest BCUT2D eigenvalue weighted by Crippen LogP contribution is -2.46. The Kier molecular flexibility index (Phi) is 3.48. The molecule has 2 heterocycles. The molecule has 2 aliphatic rings. The number of rotatable bonds is 2. The van der Waals surface area contributed by atoms with Crippen molar-refractivity contribution >= 4 is 32.9 Å². The third-order valence-electron chi connectivity index (χ3n) is 4.93. The van der Waals surface area contributed by atoms with E-state index in [2.05, 4.69) is 32.1 Å². The molecule has 0 unspecified atom stereocenters. The SMILES string of the molecule is COc1cc2nn([C@H]3CC[C@]4(CC3)COC(=O)N4)cc2cc1Br. The number of hydrogen-bond acceptors (Lipinski definition) is 4. The molecule has 1 aliphatic carbocycles. The van der Waals surface area contributed by atoms with Gasteiger partial charge in [0.2, 0.25) is 0 Å². The summed E-state index contributed by atoms with van der Waals surface area (Å²) in [4.78, 5) is 11.3. The van der Waals surface area contributed by atoms with Gasteiger partial charge < -0.3 is 14.8 Å².